The number of thiazole rings is 1. The predicted molar refractivity (Wildman–Crippen MR) is 127 cm³/mol. The number of nitrogens with zero attached hydrogens (tertiary/aromatic N) is 1. The number of benzene rings is 3. The second-order valence-electron chi connectivity index (χ2n) is 7.69. The van der Waals surface area contributed by atoms with Crippen molar-refractivity contribution in [3.8, 4) is 16.3 Å². The summed E-state index contributed by atoms with van der Waals surface area (Å²) in [4.78, 5) is 28.9. The van der Waals surface area contributed by atoms with Crippen LogP contribution >= 0.6 is 11.3 Å². The number of nitrogens with one attached hydrogen (secondary N) is 2. The molecule has 6 nitrogen and oxygen atoms in total. The first-order chi connectivity index (χ1) is 15.6. The number of rotatable bonds is 7. The second kappa shape index (κ2) is 8.80. The van der Waals surface area contributed by atoms with Gasteiger partial charge in [0.15, 0.2) is 6.61 Å². The standard InChI is InChI=1S/C25H21N3O3S/c29-23(15-31-20-5-3-4-19(14-20)27-24(30)16-8-9-16)26-18-12-10-17(11-13-18)25-28-21-6-1-2-7-22(21)32-25/h1-7,10-14,16H,8-9,15H2,(H,26,29)(H,27,30). The fourth-order valence-electron chi connectivity index (χ4n) is 3.29. The van der Waals surface area contributed by atoms with Gasteiger partial charge in [0, 0.05) is 28.9 Å². The molecule has 32 heavy (non-hydrogen) atoms. The largest absolute Gasteiger partial charge is 0.484 e. The molecule has 7 heteroatoms. The van der Waals surface area contributed by atoms with E-state index in [2.05, 4.69) is 21.7 Å². The van der Waals surface area contributed by atoms with Gasteiger partial charge >= 0.3 is 0 Å². The van der Waals surface area contributed by atoms with Crippen LogP contribution in [0.4, 0.5) is 11.4 Å². The average Bonchev–Trinajstić information content (AvgIpc) is 3.57. The number of ether oxygens (including phenoxy) is 1. The van der Waals surface area contributed by atoms with Gasteiger partial charge in [0.05, 0.1) is 10.2 Å². The Morgan fingerprint density at radius 1 is 0.938 bits per heavy atom. The van der Waals surface area contributed by atoms with Gasteiger partial charge in [0.25, 0.3) is 5.91 Å². The zero-order valence-electron chi connectivity index (χ0n) is 17.2. The molecule has 1 aromatic heterocycles. The van der Waals surface area contributed by atoms with Gasteiger partial charge in [-0.2, -0.15) is 0 Å². The summed E-state index contributed by atoms with van der Waals surface area (Å²) >= 11 is 1.64. The van der Waals surface area contributed by atoms with Crippen LogP contribution < -0.4 is 15.4 Å². The Balaban J connectivity index is 1.16. The van der Waals surface area contributed by atoms with Crippen LogP contribution in [0.3, 0.4) is 0 Å². The van der Waals surface area contributed by atoms with Crippen LogP contribution in [-0.2, 0) is 9.59 Å². The molecule has 1 aliphatic rings. The van der Waals surface area contributed by atoms with Crippen LogP contribution in [-0.4, -0.2) is 23.4 Å². The summed E-state index contributed by atoms with van der Waals surface area (Å²) in [5.74, 6) is 0.436. The third-order valence-corrected chi connectivity index (χ3v) is 6.21. The number of amides is 2. The van der Waals surface area contributed by atoms with E-state index in [0.717, 1.165) is 33.6 Å². The maximum atomic E-state index is 12.3. The lowest BCUT2D eigenvalue weighted by molar-refractivity contribution is -0.118. The van der Waals surface area contributed by atoms with E-state index >= 15 is 0 Å². The van der Waals surface area contributed by atoms with E-state index in [1.165, 1.54) is 0 Å². The fraction of sp³-hybridized carbons (Fsp3) is 0.160. The maximum absolute atomic E-state index is 12.3. The second-order valence-corrected chi connectivity index (χ2v) is 8.72. The molecule has 0 saturated heterocycles. The lowest BCUT2D eigenvalue weighted by Crippen LogP contribution is -2.20. The molecule has 4 aromatic rings. The molecule has 160 valence electrons. The summed E-state index contributed by atoms with van der Waals surface area (Å²) < 4.78 is 6.74. The van der Waals surface area contributed by atoms with E-state index < -0.39 is 0 Å². The third-order valence-electron chi connectivity index (χ3n) is 5.13. The van der Waals surface area contributed by atoms with Crippen molar-refractivity contribution in [1.82, 2.24) is 4.98 Å². The highest BCUT2D eigenvalue weighted by molar-refractivity contribution is 7.21. The molecule has 2 N–H and O–H groups in total. The van der Waals surface area contributed by atoms with Crippen molar-refractivity contribution in [1.29, 1.82) is 0 Å². The number of fused-ring (bicyclic) bond motifs is 1. The SMILES string of the molecule is O=C(COc1cccc(NC(=O)C2CC2)c1)Nc1ccc(-c2nc3ccccc3s2)cc1. The Kier molecular flexibility index (Phi) is 5.56. The normalized spacial score (nSPS) is 13.0. The maximum Gasteiger partial charge on any atom is 0.262 e. The van der Waals surface area contributed by atoms with E-state index in [1.807, 2.05) is 42.5 Å². The molecule has 2 amide bonds. The van der Waals surface area contributed by atoms with E-state index in [9.17, 15) is 9.59 Å². The average molecular weight is 444 g/mol. The van der Waals surface area contributed by atoms with Crippen LogP contribution in [0.25, 0.3) is 20.8 Å². The third kappa shape index (κ3) is 4.78. The number of para-hydroxylation sites is 1. The van der Waals surface area contributed by atoms with Gasteiger partial charge in [-0.3, -0.25) is 9.59 Å². The molecule has 1 aliphatic carbocycles. The minimum absolute atomic E-state index is 0.0363. The fourth-order valence-corrected chi connectivity index (χ4v) is 4.26. The summed E-state index contributed by atoms with van der Waals surface area (Å²) in [5.41, 5.74) is 3.35. The zero-order valence-corrected chi connectivity index (χ0v) is 18.0. The summed E-state index contributed by atoms with van der Waals surface area (Å²) in [5, 5.41) is 6.66. The molecule has 0 unspecified atom stereocenters. The topological polar surface area (TPSA) is 80.3 Å². The lowest BCUT2D eigenvalue weighted by Gasteiger charge is -2.10. The Morgan fingerprint density at radius 3 is 2.53 bits per heavy atom. The van der Waals surface area contributed by atoms with Gasteiger partial charge in [-0.05, 0) is 61.4 Å². The number of aromatic nitrogens is 1. The molecule has 1 saturated carbocycles. The molecular weight excluding hydrogens is 422 g/mol. The van der Waals surface area contributed by atoms with Crippen LogP contribution in [0.1, 0.15) is 12.8 Å². The van der Waals surface area contributed by atoms with E-state index in [1.54, 1.807) is 35.6 Å². The van der Waals surface area contributed by atoms with Gasteiger partial charge in [-0.1, -0.05) is 18.2 Å². The van der Waals surface area contributed by atoms with E-state index in [-0.39, 0.29) is 24.3 Å². The number of hydrogen-bond acceptors (Lipinski definition) is 5. The molecule has 1 fully saturated rings. The quantitative estimate of drug-likeness (QED) is 0.405. The highest BCUT2D eigenvalue weighted by Gasteiger charge is 2.29. The molecule has 1 heterocycles. The molecule has 0 atom stereocenters. The highest BCUT2D eigenvalue weighted by atomic mass is 32.1. The molecular formula is C25H21N3O3S. The zero-order chi connectivity index (χ0) is 21.9. The van der Waals surface area contributed by atoms with Gasteiger partial charge in [-0.15, -0.1) is 11.3 Å². The van der Waals surface area contributed by atoms with E-state index in [0.29, 0.717) is 17.1 Å². The summed E-state index contributed by atoms with van der Waals surface area (Å²) in [6.45, 7) is -0.125. The first-order valence-electron chi connectivity index (χ1n) is 10.4. The Bertz CT molecular complexity index is 1250. The number of carbonyl (C=O) groups is 2. The predicted octanol–water partition coefficient (Wildman–Crippen LogP) is 5.33. The molecule has 3 aromatic carbocycles. The van der Waals surface area contributed by atoms with Crippen molar-refractivity contribution < 1.29 is 14.3 Å². The minimum Gasteiger partial charge on any atom is -0.484 e. The number of anilines is 2. The van der Waals surface area contributed by atoms with Crippen molar-refractivity contribution in [3.63, 3.8) is 0 Å². The highest BCUT2D eigenvalue weighted by Crippen LogP contribution is 2.31. The van der Waals surface area contributed by atoms with Crippen molar-refractivity contribution in [2.45, 2.75) is 12.8 Å². The van der Waals surface area contributed by atoms with Crippen molar-refractivity contribution in [3.05, 3.63) is 72.8 Å². The summed E-state index contributed by atoms with van der Waals surface area (Å²) in [6, 6.07) is 22.7. The van der Waals surface area contributed by atoms with Crippen LogP contribution in [0.5, 0.6) is 5.75 Å². The molecule has 0 aliphatic heterocycles. The first kappa shape index (κ1) is 20.2. The van der Waals surface area contributed by atoms with Crippen LogP contribution in [0, 0.1) is 5.92 Å². The molecule has 5 rings (SSSR count). The first-order valence-corrected chi connectivity index (χ1v) is 11.3. The Labute approximate surface area is 189 Å². The summed E-state index contributed by atoms with van der Waals surface area (Å²) in [7, 11) is 0. The van der Waals surface area contributed by atoms with Crippen molar-refractivity contribution in [2.24, 2.45) is 5.92 Å². The number of hydrogen-bond donors (Lipinski definition) is 2. The van der Waals surface area contributed by atoms with Crippen LogP contribution in [0.15, 0.2) is 72.8 Å². The molecule has 0 bridgehead atoms. The molecule has 0 radical (unpaired) electrons. The number of carbonyl (C=O) groups excluding carboxylic acids is 2. The van der Waals surface area contributed by atoms with Gasteiger partial charge < -0.3 is 15.4 Å². The van der Waals surface area contributed by atoms with Crippen molar-refractivity contribution >= 4 is 44.7 Å². The lowest BCUT2D eigenvalue weighted by atomic mass is 10.2. The minimum atomic E-state index is -0.259. The van der Waals surface area contributed by atoms with Gasteiger partial charge in [0.1, 0.15) is 10.8 Å². The Hall–Kier alpha value is -3.71. The summed E-state index contributed by atoms with van der Waals surface area (Å²) in [6.07, 6.45) is 1.90. The Morgan fingerprint density at radius 2 is 1.75 bits per heavy atom. The van der Waals surface area contributed by atoms with Gasteiger partial charge in [0.2, 0.25) is 5.91 Å². The smallest absolute Gasteiger partial charge is 0.262 e. The molecule has 0 spiro atoms. The van der Waals surface area contributed by atoms with E-state index in [4.69, 9.17) is 4.74 Å². The van der Waals surface area contributed by atoms with Crippen molar-refractivity contribution in [2.75, 3.05) is 17.2 Å². The van der Waals surface area contributed by atoms with Gasteiger partial charge in [-0.25, -0.2) is 4.98 Å². The van der Waals surface area contributed by atoms with Crippen LogP contribution in [0.2, 0.25) is 0 Å². The monoisotopic (exact) mass is 443 g/mol.